The first-order valence-corrected chi connectivity index (χ1v) is 5.46. The Hall–Kier alpha value is -1.59. The molecule has 1 fully saturated rings. The first kappa shape index (κ1) is 13.5. The summed E-state index contributed by atoms with van der Waals surface area (Å²) >= 11 is 0. The maximum Gasteiger partial charge on any atom is 0.307 e. The summed E-state index contributed by atoms with van der Waals surface area (Å²) in [5.74, 6) is -1.40. The number of likely N-dealkylation sites (tertiary alicyclic amines) is 1. The highest BCUT2D eigenvalue weighted by molar-refractivity contribution is 5.82. The molecule has 1 heterocycles. The number of nitrogens with zero attached hydrogens (tertiary/aromatic N) is 1. The SMILES string of the molecule is COC(=O)CC1(CCC(=O)O)CCC(=O)N1C. The van der Waals surface area contributed by atoms with E-state index in [9.17, 15) is 14.4 Å². The Bertz CT molecular complexity index is 341. The van der Waals surface area contributed by atoms with Crippen LogP contribution in [0.3, 0.4) is 0 Å². The van der Waals surface area contributed by atoms with E-state index in [1.165, 1.54) is 12.0 Å². The number of carboxylic acids is 1. The van der Waals surface area contributed by atoms with Gasteiger partial charge in [-0.05, 0) is 12.8 Å². The Kier molecular flexibility index (Phi) is 4.09. The van der Waals surface area contributed by atoms with Gasteiger partial charge in [0.2, 0.25) is 5.91 Å². The molecule has 0 aromatic carbocycles. The molecule has 1 rings (SSSR count). The van der Waals surface area contributed by atoms with Crippen LogP contribution < -0.4 is 0 Å². The number of amides is 1. The summed E-state index contributed by atoms with van der Waals surface area (Å²) in [5.41, 5.74) is -0.692. The van der Waals surface area contributed by atoms with Gasteiger partial charge < -0.3 is 14.7 Å². The fourth-order valence-corrected chi connectivity index (χ4v) is 2.21. The molecule has 1 unspecified atom stereocenters. The average molecular weight is 243 g/mol. The molecule has 0 aromatic rings. The molecule has 1 atom stereocenters. The zero-order valence-corrected chi connectivity index (χ0v) is 10.1. The number of carboxylic acid groups (broad SMARTS) is 1. The van der Waals surface area contributed by atoms with E-state index in [1.54, 1.807) is 7.05 Å². The van der Waals surface area contributed by atoms with Gasteiger partial charge in [0.1, 0.15) is 0 Å². The first-order chi connectivity index (χ1) is 7.91. The lowest BCUT2D eigenvalue weighted by Crippen LogP contribution is -2.45. The van der Waals surface area contributed by atoms with E-state index in [-0.39, 0.29) is 25.2 Å². The van der Waals surface area contributed by atoms with Crippen LogP contribution in [-0.4, -0.2) is 47.5 Å². The zero-order valence-electron chi connectivity index (χ0n) is 10.1. The highest BCUT2D eigenvalue weighted by atomic mass is 16.5. The molecule has 1 amide bonds. The summed E-state index contributed by atoms with van der Waals surface area (Å²) < 4.78 is 4.60. The number of esters is 1. The van der Waals surface area contributed by atoms with Crippen LogP contribution in [0, 0.1) is 0 Å². The van der Waals surface area contributed by atoms with Gasteiger partial charge in [-0.2, -0.15) is 0 Å². The van der Waals surface area contributed by atoms with Crippen molar-refractivity contribution in [2.75, 3.05) is 14.2 Å². The lowest BCUT2D eigenvalue weighted by Gasteiger charge is -2.35. The Morgan fingerprint density at radius 2 is 2.18 bits per heavy atom. The molecule has 1 N–H and O–H groups in total. The smallest absolute Gasteiger partial charge is 0.307 e. The van der Waals surface area contributed by atoms with Gasteiger partial charge in [-0.15, -0.1) is 0 Å². The predicted molar refractivity (Wildman–Crippen MR) is 58.2 cm³/mol. The number of hydrogen-bond acceptors (Lipinski definition) is 4. The van der Waals surface area contributed by atoms with Crippen molar-refractivity contribution in [1.82, 2.24) is 4.90 Å². The van der Waals surface area contributed by atoms with Gasteiger partial charge in [0.05, 0.1) is 19.1 Å². The molecule has 0 radical (unpaired) electrons. The number of aliphatic carboxylic acids is 1. The van der Waals surface area contributed by atoms with Crippen LogP contribution >= 0.6 is 0 Å². The monoisotopic (exact) mass is 243 g/mol. The van der Waals surface area contributed by atoms with Gasteiger partial charge in [0.15, 0.2) is 0 Å². The molecule has 6 nitrogen and oxygen atoms in total. The standard InChI is InChI=1S/C11H17NO5/c1-12-8(13)3-5-11(12,6-4-9(14)15)7-10(16)17-2/h3-7H2,1-2H3,(H,14,15). The largest absolute Gasteiger partial charge is 0.481 e. The summed E-state index contributed by atoms with van der Waals surface area (Å²) in [5, 5.41) is 8.71. The Morgan fingerprint density at radius 1 is 1.53 bits per heavy atom. The lowest BCUT2D eigenvalue weighted by molar-refractivity contribution is -0.146. The van der Waals surface area contributed by atoms with Crippen molar-refractivity contribution in [1.29, 1.82) is 0 Å². The van der Waals surface area contributed by atoms with Crippen LogP contribution in [-0.2, 0) is 19.1 Å². The van der Waals surface area contributed by atoms with E-state index in [2.05, 4.69) is 4.74 Å². The molecule has 0 bridgehead atoms. The molecule has 1 aliphatic rings. The fraction of sp³-hybridized carbons (Fsp3) is 0.727. The van der Waals surface area contributed by atoms with Crippen LogP contribution in [0.1, 0.15) is 32.1 Å². The molecule has 0 aliphatic carbocycles. The molecule has 96 valence electrons. The van der Waals surface area contributed by atoms with Crippen LogP contribution in [0.2, 0.25) is 0 Å². The fourth-order valence-electron chi connectivity index (χ4n) is 2.21. The van der Waals surface area contributed by atoms with E-state index >= 15 is 0 Å². The molecule has 1 saturated heterocycles. The second-order valence-corrected chi connectivity index (χ2v) is 4.32. The molecule has 17 heavy (non-hydrogen) atoms. The summed E-state index contributed by atoms with van der Waals surface area (Å²) in [6, 6.07) is 0. The van der Waals surface area contributed by atoms with E-state index in [0.717, 1.165) is 0 Å². The van der Waals surface area contributed by atoms with Gasteiger partial charge in [0.25, 0.3) is 0 Å². The Labute approximate surface area is 99.5 Å². The third-order valence-electron chi connectivity index (χ3n) is 3.40. The maximum atomic E-state index is 11.5. The van der Waals surface area contributed by atoms with Gasteiger partial charge in [-0.3, -0.25) is 14.4 Å². The van der Waals surface area contributed by atoms with Gasteiger partial charge in [-0.1, -0.05) is 0 Å². The van der Waals surface area contributed by atoms with Crippen LogP contribution in [0.4, 0.5) is 0 Å². The maximum absolute atomic E-state index is 11.5. The second-order valence-electron chi connectivity index (χ2n) is 4.32. The average Bonchev–Trinajstić information content (AvgIpc) is 2.55. The van der Waals surface area contributed by atoms with Crippen molar-refractivity contribution in [2.45, 2.75) is 37.6 Å². The normalized spacial score (nSPS) is 23.9. The minimum absolute atomic E-state index is 0.0546. The zero-order chi connectivity index (χ0) is 13.1. The molecular formula is C11H17NO5. The summed E-state index contributed by atoms with van der Waals surface area (Å²) in [6.45, 7) is 0. The minimum Gasteiger partial charge on any atom is -0.481 e. The first-order valence-electron chi connectivity index (χ1n) is 5.46. The van der Waals surface area contributed by atoms with E-state index in [0.29, 0.717) is 12.8 Å². The molecule has 0 spiro atoms. The Morgan fingerprint density at radius 3 is 2.59 bits per heavy atom. The molecule has 6 heteroatoms. The predicted octanol–water partition coefficient (Wildman–Crippen LogP) is 0.405. The highest BCUT2D eigenvalue weighted by Gasteiger charge is 2.44. The van der Waals surface area contributed by atoms with E-state index in [4.69, 9.17) is 5.11 Å². The summed E-state index contributed by atoms with van der Waals surface area (Å²) in [7, 11) is 2.89. The quantitative estimate of drug-likeness (QED) is 0.707. The topological polar surface area (TPSA) is 83.9 Å². The third-order valence-corrected chi connectivity index (χ3v) is 3.40. The van der Waals surface area contributed by atoms with Crippen molar-refractivity contribution in [3.05, 3.63) is 0 Å². The van der Waals surface area contributed by atoms with Gasteiger partial charge in [0, 0.05) is 19.9 Å². The van der Waals surface area contributed by atoms with Crippen molar-refractivity contribution < 1.29 is 24.2 Å². The van der Waals surface area contributed by atoms with Crippen LogP contribution in [0.5, 0.6) is 0 Å². The van der Waals surface area contributed by atoms with E-state index in [1.807, 2.05) is 0 Å². The number of carbonyl (C=O) groups excluding carboxylic acids is 2. The third kappa shape index (κ3) is 2.95. The number of carbonyl (C=O) groups is 3. The Balaban J connectivity index is 2.81. The molecular weight excluding hydrogens is 226 g/mol. The lowest BCUT2D eigenvalue weighted by atomic mass is 9.87. The van der Waals surface area contributed by atoms with Crippen LogP contribution in [0.25, 0.3) is 0 Å². The van der Waals surface area contributed by atoms with Crippen molar-refractivity contribution in [3.63, 3.8) is 0 Å². The van der Waals surface area contributed by atoms with Crippen molar-refractivity contribution >= 4 is 17.8 Å². The number of methoxy groups -OCH3 is 1. The number of hydrogen-bond donors (Lipinski definition) is 1. The van der Waals surface area contributed by atoms with Crippen molar-refractivity contribution in [2.24, 2.45) is 0 Å². The summed E-state index contributed by atoms with van der Waals surface area (Å²) in [6.07, 6.45) is 1.13. The van der Waals surface area contributed by atoms with Crippen molar-refractivity contribution in [3.8, 4) is 0 Å². The summed E-state index contributed by atoms with van der Waals surface area (Å²) in [4.78, 5) is 35.0. The number of rotatable bonds is 5. The second kappa shape index (κ2) is 5.16. The van der Waals surface area contributed by atoms with Crippen LogP contribution in [0.15, 0.2) is 0 Å². The minimum atomic E-state index is -0.929. The highest BCUT2D eigenvalue weighted by Crippen LogP contribution is 2.36. The molecule has 1 aliphatic heterocycles. The number of ether oxygens (including phenoxy) is 1. The molecule has 0 saturated carbocycles. The molecule has 0 aromatic heterocycles. The van der Waals surface area contributed by atoms with Gasteiger partial charge in [-0.25, -0.2) is 0 Å². The van der Waals surface area contributed by atoms with Gasteiger partial charge >= 0.3 is 11.9 Å². The van der Waals surface area contributed by atoms with E-state index < -0.39 is 17.5 Å².